The van der Waals surface area contributed by atoms with Gasteiger partial charge in [-0.1, -0.05) is 35.9 Å². The van der Waals surface area contributed by atoms with Crippen molar-refractivity contribution >= 4 is 32.9 Å². The molecule has 3 aromatic rings. The van der Waals surface area contributed by atoms with Crippen molar-refractivity contribution in [1.82, 2.24) is 9.80 Å². The van der Waals surface area contributed by atoms with Crippen LogP contribution in [-0.4, -0.2) is 48.4 Å². The van der Waals surface area contributed by atoms with Crippen LogP contribution < -0.4 is 0 Å². The van der Waals surface area contributed by atoms with Gasteiger partial charge in [-0.3, -0.25) is 4.79 Å². The third-order valence-electron chi connectivity index (χ3n) is 7.19. The molecule has 0 atom stereocenters. The number of piperidine rings is 2. The number of halogens is 1. The normalized spacial score (nSPS) is 17.3. The van der Waals surface area contributed by atoms with Gasteiger partial charge in [0, 0.05) is 42.2 Å². The number of fused-ring (bicyclic) bond motifs is 1. The van der Waals surface area contributed by atoms with Gasteiger partial charge in [-0.2, -0.15) is 0 Å². The monoisotopic (exact) mass is 476 g/mol. The van der Waals surface area contributed by atoms with Crippen LogP contribution in [0.4, 0.5) is 4.39 Å². The number of likely N-dealkylation sites (tertiary alicyclic amines) is 2. The molecule has 178 valence electrons. The van der Waals surface area contributed by atoms with E-state index in [1.807, 2.05) is 23.5 Å². The first-order valence-electron chi connectivity index (χ1n) is 12.6. The van der Waals surface area contributed by atoms with Gasteiger partial charge in [0.05, 0.1) is 0 Å². The number of rotatable bonds is 6. The van der Waals surface area contributed by atoms with E-state index in [1.54, 1.807) is 12.1 Å². The zero-order chi connectivity index (χ0) is 23.3. The highest BCUT2D eigenvalue weighted by molar-refractivity contribution is 7.20. The van der Waals surface area contributed by atoms with E-state index in [0.29, 0.717) is 12.3 Å². The maximum Gasteiger partial charge on any atom is 0.222 e. The Morgan fingerprint density at radius 2 is 1.65 bits per heavy atom. The minimum absolute atomic E-state index is 0.196. The molecule has 0 bridgehead atoms. The average Bonchev–Trinajstić information content (AvgIpc) is 3.30. The van der Waals surface area contributed by atoms with E-state index in [2.05, 4.69) is 40.1 Å². The van der Waals surface area contributed by atoms with Crippen molar-refractivity contribution in [2.75, 3.05) is 32.7 Å². The van der Waals surface area contributed by atoms with Gasteiger partial charge in [0.2, 0.25) is 5.91 Å². The van der Waals surface area contributed by atoms with Crippen molar-refractivity contribution in [2.45, 2.75) is 44.9 Å². The fourth-order valence-electron chi connectivity index (χ4n) is 5.29. The molecule has 2 aliphatic rings. The van der Waals surface area contributed by atoms with Gasteiger partial charge in [0.15, 0.2) is 0 Å². The highest BCUT2D eigenvalue weighted by Gasteiger charge is 2.21. The summed E-state index contributed by atoms with van der Waals surface area (Å²) >= 11 is 1.82. The summed E-state index contributed by atoms with van der Waals surface area (Å²) in [6.07, 6.45) is 7.21. The number of carbonyl (C=O) groups excluding carboxylic acids is 1. The lowest BCUT2D eigenvalue weighted by Crippen LogP contribution is -2.36. The maximum absolute atomic E-state index is 13.7. The zero-order valence-electron chi connectivity index (χ0n) is 19.8. The van der Waals surface area contributed by atoms with Crippen LogP contribution in [0.5, 0.6) is 0 Å². The molecule has 0 unspecified atom stereocenters. The first-order valence-corrected chi connectivity index (χ1v) is 13.5. The second-order valence-corrected chi connectivity index (χ2v) is 10.6. The number of thiophene rings is 1. The number of nitrogens with zero attached hydrogens (tertiary/aromatic N) is 2. The maximum atomic E-state index is 13.7. The standard InChI is InChI=1S/C29H33FN2OS/c30-25-12-10-22(11-13-25)29(27-21-24-7-2-3-8-26(24)34-27)23-14-19-31(20-15-23)16-6-9-28(33)32-17-4-1-5-18-32/h2-3,7-8,10-13,21H,1,4-6,9,14-20H2. The molecule has 0 radical (unpaired) electrons. The van der Waals surface area contributed by atoms with Crippen LogP contribution in [0.3, 0.4) is 0 Å². The van der Waals surface area contributed by atoms with Gasteiger partial charge >= 0.3 is 0 Å². The average molecular weight is 477 g/mol. The van der Waals surface area contributed by atoms with Crippen molar-refractivity contribution < 1.29 is 9.18 Å². The summed E-state index contributed by atoms with van der Waals surface area (Å²) in [7, 11) is 0. The van der Waals surface area contributed by atoms with Gasteiger partial charge in [-0.25, -0.2) is 4.39 Å². The number of hydrogen-bond acceptors (Lipinski definition) is 3. The summed E-state index contributed by atoms with van der Waals surface area (Å²) in [4.78, 5) is 18.3. The molecular weight excluding hydrogens is 443 g/mol. The molecule has 3 nitrogen and oxygen atoms in total. The van der Waals surface area contributed by atoms with Crippen molar-refractivity contribution in [3.8, 4) is 0 Å². The second-order valence-electron chi connectivity index (χ2n) is 9.52. The Balaban J connectivity index is 1.27. The van der Waals surface area contributed by atoms with E-state index < -0.39 is 0 Å². The number of carbonyl (C=O) groups is 1. The Bertz CT molecular complexity index is 1120. The van der Waals surface area contributed by atoms with E-state index >= 15 is 0 Å². The molecule has 0 spiro atoms. The lowest BCUT2D eigenvalue weighted by molar-refractivity contribution is -0.132. The van der Waals surface area contributed by atoms with E-state index in [-0.39, 0.29) is 5.82 Å². The van der Waals surface area contributed by atoms with E-state index in [4.69, 9.17) is 0 Å². The number of benzene rings is 2. The van der Waals surface area contributed by atoms with Gasteiger partial charge in [0.1, 0.15) is 5.82 Å². The van der Waals surface area contributed by atoms with Crippen LogP contribution in [0.15, 0.2) is 60.2 Å². The molecule has 34 heavy (non-hydrogen) atoms. The smallest absolute Gasteiger partial charge is 0.222 e. The molecule has 0 aliphatic carbocycles. The topological polar surface area (TPSA) is 23.6 Å². The quantitative estimate of drug-likeness (QED) is 0.394. The van der Waals surface area contributed by atoms with E-state index in [1.165, 1.54) is 32.5 Å². The molecule has 2 saturated heterocycles. The van der Waals surface area contributed by atoms with Gasteiger partial charge in [-0.15, -0.1) is 11.3 Å². The van der Waals surface area contributed by atoms with Crippen molar-refractivity contribution in [2.24, 2.45) is 0 Å². The van der Waals surface area contributed by atoms with Crippen LogP contribution >= 0.6 is 11.3 Å². The third-order valence-corrected chi connectivity index (χ3v) is 8.33. The highest BCUT2D eigenvalue weighted by Crippen LogP contribution is 2.38. The fourth-order valence-corrected chi connectivity index (χ4v) is 6.47. The molecule has 2 aliphatic heterocycles. The van der Waals surface area contributed by atoms with E-state index in [9.17, 15) is 9.18 Å². The SMILES string of the molecule is O=C(CCCN1CCC(=C(c2ccc(F)cc2)c2cc3ccccc3s2)CC1)N1CCCCC1. The Morgan fingerprint density at radius 3 is 2.38 bits per heavy atom. The minimum atomic E-state index is -0.196. The summed E-state index contributed by atoms with van der Waals surface area (Å²) in [6.45, 7) is 4.91. The summed E-state index contributed by atoms with van der Waals surface area (Å²) in [5.74, 6) is 0.138. The van der Waals surface area contributed by atoms with Crippen molar-refractivity contribution in [1.29, 1.82) is 0 Å². The molecule has 3 heterocycles. The van der Waals surface area contributed by atoms with Crippen LogP contribution in [0.25, 0.3) is 15.7 Å². The Hall–Kier alpha value is -2.50. The molecule has 0 N–H and O–H groups in total. The first-order chi connectivity index (χ1) is 16.7. The summed E-state index contributed by atoms with van der Waals surface area (Å²) in [6, 6.07) is 17.8. The highest BCUT2D eigenvalue weighted by atomic mass is 32.1. The number of hydrogen-bond donors (Lipinski definition) is 0. The Labute approximate surface area is 205 Å². The van der Waals surface area contributed by atoms with Crippen LogP contribution in [0.2, 0.25) is 0 Å². The molecular formula is C29H33FN2OS. The lowest BCUT2D eigenvalue weighted by Gasteiger charge is -2.30. The van der Waals surface area contributed by atoms with Crippen LogP contribution in [-0.2, 0) is 4.79 Å². The third kappa shape index (κ3) is 5.42. The molecule has 5 rings (SSSR count). The van der Waals surface area contributed by atoms with Gasteiger partial charge in [-0.05, 0) is 85.9 Å². The number of amides is 1. The minimum Gasteiger partial charge on any atom is -0.343 e. The molecule has 0 saturated carbocycles. The molecule has 2 fully saturated rings. The largest absolute Gasteiger partial charge is 0.343 e. The molecule has 5 heteroatoms. The van der Waals surface area contributed by atoms with E-state index in [0.717, 1.165) is 70.4 Å². The fraction of sp³-hybridized carbons (Fsp3) is 0.414. The lowest BCUT2D eigenvalue weighted by atomic mass is 9.91. The predicted molar refractivity (Wildman–Crippen MR) is 140 cm³/mol. The van der Waals surface area contributed by atoms with Crippen molar-refractivity contribution in [3.63, 3.8) is 0 Å². The first kappa shape index (κ1) is 23.3. The molecule has 1 aromatic heterocycles. The van der Waals surface area contributed by atoms with Crippen LogP contribution in [0, 0.1) is 5.82 Å². The molecule has 2 aromatic carbocycles. The predicted octanol–water partition coefficient (Wildman–Crippen LogP) is 6.73. The summed E-state index contributed by atoms with van der Waals surface area (Å²) in [5.41, 5.74) is 3.84. The second kappa shape index (κ2) is 10.8. The Morgan fingerprint density at radius 1 is 0.912 bits per heavy atom. The molecule has 1 amide bonds. The Kier molecular flexibility index (Phi) is 7.41. The van der Waals surface area contributed by atoms with Gasteiger partial charge < -0.3 is 9.80 Å². The van der Waals surface area contributed by atoms with Crippen molar-refractivity contribution in [3.05, 3.63) is 76.4 Å². The summed E-state index contributed by atoms with van der Waals surface area (Å²) < 4.78 is 14.9. The van der Waals surface area contributed by atoms with Crippen LogP contribution in [0.1, 0.15) is 55.4 Å². The summed E-state index contributed by atoms with van der Waals surface area (Å²) in [5, 5.41) is 1.26. The zero-order valence-corrected chi connectivity index (χ0v) is 20.6. The van der Waals surface area contributed by atoms with Gasteiger partial charge in [0.25, 0.3) is 0 Å².